The minimum absolute atomic E-state index is 0.0206. The summed E-state index contributed by atoms with van der Waals surface area (Å²) in [7, 11) is 1.42. The van der Waals surface area contributed by atoms with Gasteiger partial charge in [0.2, 0.25) is 0 Å². The zero-order valence-corrected chi connectivity index (χ0v) is 7.95. The normalized spacial score (nSPS) is 43.2. The van der Waals surface area contributed by atoms with Crippen molar-refractivity contribution in [3.63, 3.8) is 0 Å². The summed E-state index contributed by atoms with van der Waals surface area (Å²) in [5.74, 6) is -0.159. The number of carbonyl (C=O) groups is 1. The van der Waals surface area contributed by atoms with Crippen LogP contribution in [-0.4, -0.2) is 24.3 Å². The average Bonchev–Trinajstić information content (AvgIpc) is 2.85. The van der Waals surface area contributed by atoms with Crippen LogP contribution in [0.5, 0.6) is 0 Å². The Labute approximate surface area is 78.1 Å². The number of esters is 1. The van der Waals surface area contributed by atoms with Crippen LogP contribution in [-0.2, 0) is 9.53 Å². The van der Waals surface area contributed by atoms with Gasteiger partial charge < -0.3 is 9.84 Å². The summed E-state index contributed by atoms with van der Waals surface area (Å²) in [6.07, 6.45) is 4.65. The lowest BCUT2D eigenvalue weighted by Gasteiger charge is -2.28. The molecular weight excluding hydrogens is 168 g/mol. The minimum atomic E-state index is -0.273. The Kier molecular flexibility index (Phi) is 2.06. The lowest BCUT2D eigenvalue weighted by Crippen LogP contribution is -2.29. The van der Waals surface area contributed by atoms with E-state index in [0.717, 1.165) is 32.1 Å². The molecule has 1 N–H and O–H groups in total. The molecule has 0 aromatic carbocycles. The number of hydrogen-bond donors (Lipinski definition) is 1. The van der Waals surface area contributed by atoms with E-state index >= 15 is 0 Å². The van der Waals surface area contributed by atoms with Gasteiger partial charge in [0.05, 0.1) is 19.1 Å². The number of hydrogen-bond acceptors (Lipinski definition) is 3. The van der Waals surface area contributed by atoms with E-state index in [1.807, 2.05) is 0 Å². The van der Waals surface area contributed by atoms with Crippen LogP contribution < -0.4 is 0 Å². The smallest absolute Gasteiger partial charge is 0.309 e. The molecule has 2 fully saturated rings. The highest BCUT2D eigenvalue weighted by Gasteiger charge is 2.62. The summed E-state index contributed by atoms with van der Waals surface area (Å²) >= 11 is 0. The topological polar surface area (TPSA) is 46.5 Å². The number of aliphatic hydroxyl groups excluding tert-OH is 1. The molecule has 0 aromatic heterocycles. The predicted molar refractivity (Wildman–Crippen MR) is 47.0 cm³/mol. The fourth-order valence-corrected chi connectivity index (χ4v) is 2.67. The van der Waals surface area contributed by atoms with Gasteiger partial charge in [-0.3, -0.25) is 4.79 Å². The van der Waals surface area contributed by atoms with Gasteiger partial charge in [0.1, 0.15) is 0 Å². The Hall–Kier alpha value is -0.570. The standard InChI is InChI=1S/C10H16O3/c1-13-9(12)7-6-10(7)5-3-2-4-8(10)11/h7-8,11H,2-6H2,1H3. The van der Waals surface area contributed by atoms with E-state index < -0.39 is 0 Å². The van der Waals surface area contributed by atoms with E-state index in [1.54, 1.807) is 0 Å². The number of rotatable bonds is 1. The first kappa shape index (κ1) is 9.00. The molecule has 74 valence electrons. The Morgan fingerprint density at radius 2 is 2.31 bits per heavy atom. The van der Waals surface area contributed by atoms with Crippen LogP contribution in [0.2, 0.25) is 0 Å². The quantitative estimate of drug-likeness (QED) is 0.621. The van der Waals surface area contributed by atoms with Crippen LogP contribution in [0.15, 0.2) is 0 Å². The van der Waals surface area contributed by atoms with Crippen molar-refractivity contribution < 1.29 is 14.6 Å². The Morgan fingerprint density at radius 3 is 2.92 bits per heavy atom. The van der Waals surface area contributed by atoms with Crippen molar-refractivity contribution in [2.24, 2.45) is 11.3 Å². The molecule has 2 aliphatic carbocycles. The monoisotopic (exact) mass is 184 g/mol. The van der Waals surface area contributed by atoms with Gasteiger partial charge in [0.25, 0.3) is 0 Å². The van der Waals surface area contributed by atoms with Crippen LogP contribution in [0.3, 0.4) is 0 Å². The van der Waals surface area contributed by atoms with Gasteiger partial charge in [-0.05, 0) is 19.3 Å². The zero-order valence-electron chi connectivity index (χ0n) is 7.95. The second kappa shape index (κ2) is 2.98. The molecular formula is C10H16O3. The van der Waals surface area contributed by atoms with Crippen molar-refractivity contribution in [3.05, 3.63) is 0 Å². The van der Waals surface area contributed by atoms with E-state index in [1.165, 1.54) is 7.11 Å². The number of carbonyl (C=O) groups excluding carboxylic acids is 1. The molecule has 2 aliphatic rings. The van der Waals surface area contributed by atoms with Gasteiger partial charge in [-0.25, -0.2) is 0 Å². The second-order valence-corrected chi connectivity index (χ2v) is 4.27. The third-order valence-electron chi connectivity index (χ3n) is 3.64. The van der Waals surface area contributed by atoms with E-state index in [0.29, 0.717) is 0 Å². The summed E-state index contributed by atoms with van der Waals surface area (Å²) in [5.41, 5.74) is -0.0919. The lowest BCUT2D eigenvalue weighted by molar-refractivity contribution is -0.144. The summed E-state index contributed by atoms with van der Waals surface area (Å²) in [5, 5.41) is 9.81. The molecule has 0 radical (unpaired) electrons. The van der Waals surface area contributed by atoms with Crippen LogP contribution in [0.4, 0.5) is 0 Å². The average molecular weight is 184 g/mol. The zero-order chi connectivity index (χ0) is 9.47. The molecule has 0 aromatic rings. The van der Waals surface area contributed by atoms with Crippen molar-refractivity contribution in [2.75, 3.05) is 7.11 Å². The first-order valence-electron chi connectivity index (χ1n) is 4.96. The maximum absolute atomic E-state index is 11.3. The molecule has 0 saturated heterocycles. The highest BCUT2D eigenvalue weighted by molar-refractivity contribution is 5.77. The summed E-state index contributed by atoms with van der Waals surface area (Å²) in [4.78, 5) is 11.3. The fourth-order valence-electron chi connectivity index (χ4n) is 2.67. The van der Waals surface area contributed by atoms with Crippen molar-refractivity contribution in [1.82, 2.24) is 0 Å². The highest BCUT2D eigenvalue weighted by Crippen LogP contribution is 2.61. The van der Waals surface area contributed by atoms with Gasteiger partial charge in [-0.2, -0.15) is 0 Å². The first-order valence-corrected chi connectivity index (χ1v) is 4.96. The highest BCUT2D eigenvalue weighted by atomic mass is 16.5. The number of aliphatic hydroxyl groups is 1. The van der Waals surface area contributed by atoms with Crippen molar-refractivity contribution in [1.29, 1.82) is 0 Å². The third-order valence-corrected chi connectivity index (χ3v) is 3.64. The summed E-state index contributed by atoms with van der Waals surface area (Å²) < 4.78 is 4.70. The van der Waals surface area contributed by atoms with E-state index in [2.05, 4.69) is 0 Å². The van der Waals surface area contributed by atoms with E-state index in [9.17, 15) is 9.90 Å². The van der Waals surface area contributed by atoms with Crippen molar-refractivity contribution in [2.45, 2.75) is 38.2 Å². The van der Waals surface area contributed by atoms with Gasteiger partial charge in [0.15, 0.2) is 0 Å². The SMILES string of the molecule is COC(=O)C1CC12CCCCC2O. The number of methoxy groups -OCH3 is 1. The molecule has 13 heavy (non-hydrogen) atoms. The molecule has 0 amide bonds. The lowest BCUT2D eigenvalue weighted by atomic mass is 9.82. The molecule has 2 rings (SSSR count). The maximum atomic E-state index is 11.3. The second-order valence-electron chi connectivity index (χ2n) is 4.27. The Morgan fingerprint density at radius 1 is 1.54 bits per heavy atom. The van der Waals surface area contributed by atoms with Crippen molar-refractivity contribution in [3.8, 4) is 0 Å². The molecule has 3 nitrogen and oxygen atoms in total. The molecule has 0 aliphatic heterocycles. The molecule has 0 heterocycles. The van der Waals surface area contributed by atoms with Crippen LogP contribution >= 0.6 is 0 Å². The molecule has 1 spiro atoms. The Balaban J connectivity index is 2.03. The fraction of sp³-hybridized carbons (Fsp3) is 0.900. The van der Waals surface area contributed by atoms with Gasteiger partial charge in [-0.1, -0.05) is 12.8 Å². The molecule has 3 atom stereocenters. The third kappa shape index (κ3) is 1.26. The van der Waals surface area contributed by atoms with Crippen molar-refractivity contribution >= 4 is 5.97 Å². The Bertz CT molecular complexity index is 226. The van der Waals surface area contributed by atoms with E-state index in [4.69, 9.17) is 4.74 Å². The number of ether oxygens (including phenoxy) is 1. The van der Waals surface area contributed by atoms with Gasteiger partial charge >= 0.3 is 5.97 Å². The van der Waals surface area contributed by atoms with Crippen LogP contribution in [0.25, 0.3) is 0 Å². The van der Waals surface area contributed by atoms with Gasteiger partial charge in [-0.15, -0.1) is 0 Å². The first-order chi connectivity index (χ1) is 6.20. The molecule has 3 unspecified atom stereocenters. The van der Waals surface area contributed by atoms with Crippen LogP contribution in [0.1, 0.15) is 32.1 Å². The molecule has 0 bridgehead atoms. The van der Waals surface area contributed by atoms with E-state index in [-0.39, 0.29) is 23.4 Å². The largest absolute Gasteiger partial charge is 0.469 e. The molecule has 3 heteroatoms. The summed E-state index contributed by atoms with van der Waals surface area (Å²) in [6, 6.07) is 0. The minimum Gasteiger partial charge on any atom is -0.469 e. The summed E-state index contributed by atoms with van der Waals surface area (Å²) in [6.45, 7) is 0. The maximum Gasteiger partial charge on any atom is 0.309 e. The van der Waals surface area contributed by atoms with Gasteiger partial charge in [0, 0.05) is 5.41 Å². The van der Waals surface area contributed by atoms with Crippen LogP contribution in [0, 0.1) is 11.3 Å². The molecule has 2 saturated carbocycles. The predicted octanol–water partition coefficient (Wildman–Crippen LogP) is 1.10.